The predicted molar refractivity (Wildman–Crippen MR) is 65.5 cm³/mol. The molecule has 0 saturated carbocycles. The van der Waals surface area contributed by atoms with Gasteiger partial charge in [-0.2, -0.15) is 0 Å². The van der Waals surface area contributed by atoms with E-state index < -0.39 is 23.5 Å². The van der Waals surface area contributed by atoms with Gasteiger partial charge >= 0.3 is 0 Å². The molecule has 0 saturated heterocycles. The summed E-state index contributed by atoms with van der Waals surface area (Å²) >= 11 is 0. The highest BCUT2D eigenvalue weighted by Crippen LogP contribution is 2.23. The molecule has 1 aromatic carbocycles. The molecule has 5 heteroatoms. The van der Waals surface area contributed by atoms with Crippen molar-refractivity contribution >= 4 is 0 Å². The SMILES string of the molecule is CC(O)COc1c(F)cc(CNC(C)C)cc1F. The Bertz CT molecular complexity index is 372. The first-order chi connectivity index (χ1) is 8.40. The van der Waals surface area contributed by atoms with Crippen molar-refractivity contribution in [2.24, 2.45) is 0 Å². The molecule has 0 radical (unpaired) electrons. The zero-order chi connectivity index (χ0) is 13.7. The molecule has 102 valence electrons. The lowest BCUT2D eigenvalue weighted by Gasteiger charge is -2.12. The van der Waals surface area contributed by atoms with E-state index in [2.05, 4.69) is 5.32 Å². The molecule has 0 aromatic heterocycles. The second-order valence-corrected chi connectivity index (χ2v) is 4.58. The third-order valence-electron chi connectivity index (χ3n) is 2.24. The highest BCUT2D eigenvalue weighted by molar-refractivity contribution is 5.31. The van der Waals surface area contributed by atoms with Gasteiger partial charge in [-0.15, -0.1) is 0 Å². The Labute approximate surface area is 106 Å². The molecule has 18 heavy (non-hydrogen) atoms. The maximum atomic E-state index is 13.6. The van der Waals surface area contributed by atoms with Gasteiger partial charge in [-0.25, -0.2) is 8.78 Å². The van der Waals surface area contributed by atoms with Crippen LogP contribution in [-0.2, 0) is 6.54 Å². The van der Waals surface area contributed by atoms with Crippen LogP contribution in [0, 0.1) is 11.6 Å². The molecule has 1 aromatic rings. The molecule has 1 atom stereocenters. The summed E-state index contributed by atoms with van der Waals surface area (Å²) in [6.45, 7) is 5.63. The smallest absolute Gasteiger partial charge is 0.190 e. The van der Waals surface area contributed by atoms with Crippen LogP contribution in [0.25, 0.3) is 0 Å². The van der Waals surface area contributed by atoms with Gasteiger partial charge in [0.2, 0.25) is 0 Å². The number of aliphatic hydroxyl groups is 1. The average molecular weight is 259 g/mol. The van der Waals surface area contributed by atoms with Crippen molar-refractivity contribution in [2.75, 3.05) is 6.61 Å². The van der Waals surface area contributed by atoms with Gasteiger partial charge < -0.3 is 15.2 Å². The van der Waals surface area contributed by atoms with E-state index in [9.17, 15) is 8.78 Å². The average Bonchev–Trinajstić information content (AvgIpc) is 2.24. The molecule has 0 spiro atoms. The Kier molecular flexibility index (Phi) is 5.50. The minimum atomic E-state index is -0.772. The lowest BCUT2D eigenvalue weighted by atomic mass is 10.2. The van der Waals surface area contributed by atoms with Crippen LogP contribution in [0.4, 0.5) is 8.78 Å². The van der Waals surface area contributed by atoms with Crippen LogP contribution in [0.1, 0.15) is 26.3 Å². The number of rotatable bonds is 6. The van der Waals surface area contributed by atoms with E-state index in [0.717, 1.165) is 0 Å². The van der Waals surface area contributed by atoms with Crippen molar-refractivity contribution in [3.05, 3.63) is 29.3 Å². The molecule has 3 nitrogen and oxygen atoms in total. The lowest BCUT2D eigenvalue weighted by molar-refractivity contribution is 0.117. The molecular weight excluding hydrogens is 240 g/mol. The van der Waals surface area contributed by atoms with E-state index >= 15 is 0 Å². The summed E-state index contributed by atoms with van der Waals surface area (Å²) in [5.41, 5.74) is 0.517. The van der Waals surface area contributed by atoms with Gasteiger partial charge in [-0.1, -0.05) is 13.8 Å². The van der Waals surface area contributed by atoms with Gasteiger partial charge in [-0.3, -0.25) is 0 Å². The highest BCUT2D eigenvalue weighted by atomic mass is 19.1. The summed E-state index contributed by atoms with van der Waals surface area (Å²) in [5, 5.41) is 12.1. The van der Waals surface area contributed by atoms with Gasteiger partial charge in [0, 0.05) is 12.6 Å². The van der Waals surface area contributed by atoms with Crippen LogP contribution in [0.5, 0.6) is 5.75 Å². The summed E-state index contributed by atoms with van der Waals surface area (Å²) < 4.78 is 32.1. The fourth-order valence-electron chi connectivity index (χ4n) is 1.38. The predicted octanol–water partition coefficient (Wildman–Crippen LogP) is 2.22. The first-order valence-electron chi connectivity index (χ1n) is 5.92. The summed E-state index contributed by atoms with van der Waals surface area (Å²) in [6, 6.07) is 2.70. The van der Waals surface area contributed by atoms with E-state index in [-0.39, 0.29) is 12.6 Å². The summed E-state index contributed by atoms with van der Waals surface area (Å²) in [7, 11) is 0. The van der Waals surface area contributed by atoms with Crippen molar-refractivity contribution in [2.45, 2.75) is 39.5 Å². The fraction of sp³-hybridized carbons (Fsp3) is 0.538. The number of halogens is 2. The van der Waals surface area contributed by atoms with Crippen molar-refractivity contribution in [3.63, 3.8) is 0 Å². The molecule has 1 rings (SSSR count). The summed E-state index contributed by atoms with van der Waals surface area (Å²) in [6.07, 6.45) is -0.772. The maximum absolute atomic E-state index is 13.6. The Hall–Kier alpha value is -1.20. The largest absolute Gasteiger partial charge is 0.485 e. The molecule has 0 aliphatic heterocycles. The molecular formula is C13H19F2NO2. The van der Waals surface area contributed by atoms with Crippen molar-refractivity contribution < 1.29 is 18.6 Å². The number of hydrogen-bond acceptors (Lipinski definition) is 3. The second-order valence-electron chi connectivity index (χ2n) is 4.58. The second kappa shape index (κ2) is 6.66. The Balaban J connectivity index is 2.77. The molecule has 0 aliphatic carbocycles. The summed E-state index contributed by atoms with van der Waals surface area (Å²) in [5.74, 6) is -1.95. The third kappa shape index (κ3) is 4.58. The highest BCUT2D eigenvalue weighted by Gasteiger charge is 2.13. The van der Waals surface area contributed by atoms with E-state index in [1.807, 2.05) is 13.8 Å². The van der Waals surface area contributed by atoms with Gasteiger partial charge in [0.15, 0.2) is 17.4 Å². The molecule has 2 N–H and O–H groups in total. The van der Waals surface area contributed by atoms with Crippen LogP contribution >= 0.6 is 0 Å². The van der Waals surface area contributed by atoms with Gasteiger partial charge in [-0.05, 0) is 24.6 Å². The van der Waals surface area contributed by atoms with Gasteiger partial charge in [0.05, 0.1) is 6.10 Å². The van der Waals surface area contributed by atoms with E-state index in [4.69, 9.17) is 9.84 Å². The van der Waals surface area contributed by atoms with Crippen LogP contribution in [0.15, 0.2) is 12.1 Å². The van der Waals surface area contributed by atoms with E-state index in [1.165, 1.54) is 19.1 Å². The van der Waals surface area contributed by atoms with E-state index in [0.29, 0.717) is 12.1 Å². The van der Waals surface area contributed by atoms with Gasteiger partial charge in [0.1, 0.15) is 6.61 Å². The van der Waals surface area contributed by atoms with Crippen LogP contribution in [-0.4, -0.2) is 23.9 Å². The normalized spacial score (nSPS) is 12.8. The van der Waals surface area contributed by atoms with Crippen molar-refractivity contribution in [3.8, 4) is 5.75 Å². The summed E-state index contributed by atoms with van der Waals surface area (Å²) in [4.78, 5) is 0. The van der Waals surface area contributed by atoms with Crippen LogP contribution in [0.3, 0.4) is 0 Å². The number of benzene rings is 1. The first kappa shape index (κ1) is 14.9. The molecule has 0 fully saturated rings. The molecule has 0 aliphatic rings. The Morgan fingerprint density at radius 3 is 2.22 bits per heavy atom. The van der Waals surface area contributed by atoms with Gasteiger partial charge in [0.25, 0.3) is 0 Å². The monoisotopic (exact) mass is 259 g/mol. The zero-order valence-electron chi connectivity index (χ0n) is 10.8. The third-order valence-corrected chi connectivity index (χ3v) is 2.24. The quantitative estimate of drug-likeness (QED) is 0.823. The number of hydrogen-bond donors (Lipinski definition) is 2. The standard InChI is InChI=1S/C13H19F2NO2/c1-8(2)16-6-10-4-11(14)13(12(15)5-10)18-7-9(3)17/h4-5,8-9,16-17H,6-7H2,1-3H3. The molecule has 0 bridgehead atoms. The number of ether oxygens (including phenoxy) is 1. The lowest BCUT2D eigenvalue weighted by Crippen LogP contribution is -2.22. The fourth-order valence-corrected chi connectivity index (χ4v) is 1.38. The topological polar surface area (TPSA) is 41.5 Å². The Morgan fingerprint density at radius 2 is 1.78 bits per heavy atom. The number of nitrogens with one attached hydrogen (secondary N) is 1. The Morgan fingerprint density at radius 1 is 1.22 bits per heavy atom. The minimum Gasteiger partial charge on any atom is -0.485 e. The number of aliphatic hydroxyl groups excluding tert-OH is 1. The van der Waals surface area contributed by atoms with Crippen LogP contribution < -0.4 is 10.1 Å². The maximum Gasteiger partial charge on any atom is 0.190 e. The first-order valence-corrected chi connectivity index (χ1v) is 5.92. The zero-order valence-corrected chi connectivity index (χ0v) is 10.8. The molecule has 0 heterocycles. The van der Waals surface area contributed by atoms with E-state index in [1.54, 1.807) is 0 Å². The van der Waals surface area contributed by atoms with Crippen molar-refractivity contribution in [1.29, 1.82) is 0 Å². The van der Waals surface area contributed by atoms with Crippen molar-refractivity contribution in [1.82, 2.24) is 5.32 Å². The molecule has 1 unspecified atom stereocenters. The minimum absolute atomic E-state index is 0.141. The van der Waals surface area contributed by atoms with Crippen LogP contribution in [0.2, 0.25) is 0 Å². The molecule has 0 amide bonds.